The third-order valence-electron chi connectivity index (χ3n) is 6.49. The van der Waals surface area contributed by atoms with E-state index in [1.54, 1.807) is 0 Å². The van der Waals surface area contributed by atoms with Crippen LogP contribution in [-0.2, 0) is 14.3 Å². The molecule has 0 aromatic rings. The number of carboxylic acids is 1. The first-order chi connectivity index (χ1) is 11.3. The number of allylic oxidation sites excluding steroid dienone is 2. The number of fused-ring (bicyclic) bond motifs is 1. The van der Waals surface area contributed by atoms with Gasteiger partial charge in [0.2, 0.25) is 5.91 Å². The lowest BCUT2D eigenvalue weighted by Gasteiger charge is -2.36. The average molecular weight is 331 g/mol. The van der Waals surface area contributed by atoms with E-state index in [4.69, 9.17) is 4.74 Å². The Morgan fingerprint density at radius 2 is 2.21 bits per heavy atom. The molecule has 0 saturated carbocycles. The summed E-state index contributed by atoms with van der Waals surface area (Å²) in [5.74, 6) is -0.893. The van der Waals surface area contributed by atoms with Gasteiger partial charge in [0.15, 0.2) is 0 Å². The Balaban J connectivity index is 1.56. The maximum Gasteiger partial charge on any atom is 0.310 e. The standard InChI is InChI=1S/C19H25NO4/c1-10-6-11(2)13(12(3)7-10)8-20-9-19-5-4-14(24-19)15(18(22)23)16(19)17(20)21/h4-6,11-16H,7-9H2,1-3H3,(H,22,23)/t11-,12+,13-,14-,15-,16+,19+/m0/s1. The monoisotopic (exact) mass is 331 g/mol. The first kappa shape index (κ1) is 15.9. The lowest BCUT2D eigenvalue weighted by atomic mass is 9.75. The molecule has 4 rings (SSSR count). The van der Waals surface area contributed by atoms with Gasteiger partial charge in [-0.1, -0.05) is 37.6 Å². The first-order valence-electron chi connectivity index (χ1n) is 8.88. The second kappa shape index (κ2) is 5.19. The van der Waals surface area contributed by atoms with Gasteiger partial charge in [-0.05, 0) is 31.1 Å². The Hall–Kier alpha value is -1.62. The molecule has 0 radical (unpaired) electrons. The van der Waals surface area contributed by atoms with Crippen molar-refractivity contribution < 1.29 is 19.4 Å². The second-order valence-electron chi connectivity index (χ2n) is 8.17. The van der Waals surface area contributed by atoms with Gasteiger partial charge in [0.25, 0.3) is 0 Å². The number of rotatable bonds is 3. The van der Waals surface area contributed by atoms with Crippen molar-refractivity contribution in [1.82, 2.24) is 4.90 Å². The number of aliphatic carboxylic acids is 1. The van der Waals surface area contributed by atoms with Crippen molar-refractivity contribution in [1.29, 1.82) is 0 Å². The number of hydrogen-bond acceptors (Lipinski definition) is 3. The van der Waals surface area contributed by atoms with Crippen molar-refractivity contribution in [2.75, 3.05) is 13.1 Å². The van der Waals surface area contributed by atoms with Gasteiger partial charge in [-0.15, -0.1) is 0 Å². The maximum atomic E-state index is 13.0. The Kier molecular flexibility index (Phi) is 3.43. The Labute approximate surface area is 142 Å². The molecule has 2 bridgehead atoms. The summed E-state index contributed by atoms with van der Waals surface area (Å²) in [4.78, 5) is 26.5. The molecule has 0 aromatic heterocycles. The normalized spacial score (nSPS) is 46.4. The average Bonchev–Trinajstić information content (AvgIpc) is 3.11. The minimum absolute atomic E-state index is 0.0417. The molecule has 5 heteroatoms. The molecular weight excluding hydrogens is 306 g/mol. The summed E-state index contributed by atoms with van der Waals surface area (Å²) in [7, 11) is 0. The zero-order valence-corrected chi connectivity index (χ0v) is 14.4. The van der Waals surface area contributed by atoms with Crippen LogP contribution >= 0.6 is 0 Å². The molecule has 4 aliphatic rings. The summed E-state index contributed by atoms with van der Waals surface area (Å²) in [6.07, 6.45) is 6.69. The number of nitrogens with zero attached hydrogens (tertiary/aromatic N) is 1. The lowest BCUT2D eigenvalue weighted by Crippen LogP contribution is -2.41. The zero-order valence-electron chi connectivity index (χ0n) is 14.4. The molecule has 24 heavy (non-hydrogen) atoms. The van der Waals surface area contributed by atoms with Crippen LogP contribution in [0.15, 0.2) is 23.8 Å². The van der Waals surface area contributed by atoms with Gasteiger partial charge in [-0.25, -0.2) is 0 Å². The molecule has 0 aromatic carbocycles. The highest BCUT2D eigenvalue weighted by Gasteiger charge is 2.67. The number of carboxylic acid groups (broad SMARTS) is 1. The molecule has 1 amide bonds. The van der Waals surface area contributed by atoms with Crippen LogP contribution in [0.25, 0.3) is 0 Å². The smallest absolute Gasteiger partial charge is 0.310 e. The van der Waals surface area contributed by atoms with Crippen molar-refractivity contribution in [2.24, 2.45) is 29.6 Å². The summed E-state index contributed by atoms with van der Waals surface area (Å²) < 4.78 is 5.95. The Bertz CT molecular complexity index is 654. The SMILES string of the molecule is CC1=C[C@H](C)[C@H](CN2C[C@@]34C=C[C@H](O3)[C@H](C(=O)O)[C@@H]4C2=O)[C@H](C)C1. The van der Waals surface area contributed by atoms with Gasteiger partial charge in [-0.2, -0.15) is 0 Å². The molecule has 2 saturated heterocycles. The van der Waals surface area contributed by atoms with Crippen molar-refractivity contribution in [3.63, 3.8) is 0 Å². The summed E-state index contributed by atoms with van der Waals surface area (Å²) in [5, 5.41) is 9.53. The molecule has 3 heterocycles. The molecule has 7 atom stereocenters. The van der Waals surface area contributed by atoms with Crippen LogP contribution in [0.3, 0.4) is 0 Å². The van der Waals surface area contributed by atoms with E-state index in [0.29, 0.717) is 30.8 Å². The minimum Gasteiger partial charge on any atom is -0.481 e. The molecule has 1 spiro atoms. The van der Waals surface area contributed by atoms with Crippen molar-refractivity contribution >= 4 is 11.9 Å². The first-order valence-corrected chi connectivity index (χ1v) is 8.88. The Morgan fingerprint density at radius 1 is 1.46 bits per heavy atom. The number of carbonyl (C=O) groups excluding carboxylic acids is 1. The van der Waals surface area contributed by atoms with Crippen LogP contribution in [0.5, 0.6) is 0 Å². The third-order valence-corrected chi connectivity index (χ3v) is 6.49. The summed E-state index contributed by atoms with van der Waals surface area (Å²) in [6, 6.07) is 0. The van der Waals surface area contributed by atoms with E-state index in [0.717, 1.165) is 6.42 Å². The van der Waals surface area contributed by atoms with Crippen molar-refractivity contribution in [3.05, 3.63) is 23.8 Å². The van der Waals surface area contributed by atoms with Gasteiger partial charge < -0.3 is 14.7 Å². The van der Waals surface area contributed by atoms with Crippen LogP contribution in [-0.4, -0.2) is 46.7 Å². The van der Waals surface area contributed by atoms with Crippen LogP contribution < -0.4 is 0 Å². The van der Waals surface area contributed by atoms with E-state index in [1.165, 1.54) is 5.57 Å². The highest BCUT2D eigenvalue weighted by atomic mass is 16.5. The van der Waals surface area contributed by atoms with Crippen LogP contribution in [0.4, 0.5) is 0 Å². The van der Waals surface area contributed by atoms with E-state index in [-0.39, 0.29) is 5.91 Å². The highest BCUT2D eigenvalue weighted by molar-refractivity contribution is 5.90. The van der Waals surface area contributed by atoms with E-state index < -0.39 is 29.5 Å². The molecule has 2 fully saturated rings. The third kappa shape index (κ3) is 2.10. The topological polar surface area (TPSA) is 66.8 Å². The molecule has 1 N–H and O–H groups in total. The fourth-order valence-corrected chi connectivity index (χ4v) is 5.43. The summed E-state index contributed by atoms with van der Waals surface area (Å²) in [6.45, 7) is 7.82. The fraction of sp³-hybridized carbons (Fsp3) is 0.684. The van der Waals surface area contributed by atoms with Gasteiger partial charge in [-0.3, -0.25) is 9.59 Å². The number of carbonyl (C=O) groups is 2. The second-order valence-corrected chi connectivity index (χ2v) is 8.17. The van der Waals surface area contributed by atoms with Crippen LogP contribution in [0.1, 0.15) is 27.2 Å². The van der Waals surface area contributed by atoms with E-state index in [9.17, 15) is 14.7 Å². The summed E-state index contributed by atoms with van der Waals surface area (Å²) in [5.41, 5.74) is 0.711. The fourth-order valence-electron chi connectivity index (χ4n) is 5.43. The van der Waals surface area contributed by atoms with Gasteiger partial charge >= 0.3 is 5.97 Å². The lowest BCUT2D eigenvalue weighted by molar-refractivity contribution is -0.148. The van der Waals surface area contributed by atoms with E-state index >= 15 is 0 Å². The van der Waals surface area contributed by atoms with Gasteiger partial charge in [0.1, 0.15) is 11.5 Å². The molecular formula is C19H25NO4. The van der Waals surface area contributed by atoms with E-state index in [2.05, 4.69) is 26.8 Å². The zero-order chi connectivity index (χ0) is 17.2. The summed E-state index contributed by atoms with van der Waals surface area (Å²) >= 11 is 0. The highest BCUT2D eigenvalue weighted by Crippen LogP contribution is 2.52. The van der Waals surface area contributed by atoms with E-state index in [1.807, 2.05) is 17.1 Å². The van der Waals surface area contributed by atoms with Crippen molar-refractivity contribution in [3.8, 4) is 0 Å². The predicted octanol–water partition coefficient (Wildman–Crippen LogP) is 2.09. The molecule has 3 aliphatic heterocycles. The molecule has 130 valence electrons. The molecule has 1 aliphatic carbocycles. The van der Waals surface area contributed by atoms with Crippen LogP contribution in [0, 0.1) is 29.6 Å². The minimum atomic E-state index is -0.926. The Morgan fingerprint density at radius 3 is 2.88 bits per heavy atom. The molecule has 0 unspecified atom stereocenters. The number of likely N-dealkylation sites (tertiary alicyclic amines) is 1. The predicted molar refractivity (Wildman–Crippen MR) is 88.1 cm³/mol. The van der Waals surface area contributed by atoms with Gasteiger partial charge in [0, 0.05) is 6.54 Å². The number of ether oxygens (including phenoxy) is 1. The van der Waals surface area contributed by atoms with Crippen molar-refractivity contribution in [2.45, 2.75) is 38.9 Å². The number of amides is 1. The largest absolute Gasteiger partial charge is 0.481 e. The number of hydrogen-bond donors (Lipinski definition) is 1. The molecule has 5 nitrogen and oxygen atoms in total. The van der Waals surface area contributed by atoms with Crippen LogP contribution in [0.2, 0.25) is 0 Å². The maximum absolute atomic E-state index is 13.0. The quantitative estimate of drug-likeness (QED) is 0.804. The van der Waals surface area contributed by atoms with Gasteiger partial charge in [0.05, 0.1) is 18.6 Å².